The van der Waals surface area contributed by atoms with Gasteiger partial charge in [-0.2, -0.15) is 0 Å². The van der Waals surface area contributed by atoms with E-state index in [1.165, 1.54) is 25.6 Å². The van der Waals surface area contributed by atoms with Crippen molar-refractivity contribution in [3.05, 3.63) is 24.0 Å². The van der Waals surface area contributed by atoms with Gasteiger partial charge in [-0.15, -0.1) is 0 Å². The van der Waals surface area contributed by atoms with Gasteiger partial charge < -0.3 is 20.3 Å². The molecule has 1 heterocycles. The van der Waals surface area contributed by atoms with Crippen LogP contribution in [0, 0.1) is 0 Å². The van der Waals surface area contributed by atoms with Crippen LogP contribution in [0.5, 0.6) is 5.75 Å². The first-order chi connectivity index (χ1) is 8.56. The molecule has 98 valence electrons. The summed E-state index contributed by atoms with van der Waals surface area (Å²) in [6.45, 7) is 0.0534. The number of hydrogen-bond donors (Lipinski definition) is 3. The highest BCUT2D eigenvalue weighted by atomic mass is 16.5. The van der Waals surface area contributed by atoms with E-state index in [9.17, 15) is 9.59 Å². The Morgan fingerprint density at radius 3 is 2.89 bits per heavy atom. The fourth-order valence-corrected chi connectivity index (χ4v) is 1.27. The Kier molecular flexibility index (Phi) is 5.06. The summed E-state index contributed by atoms with van der Waals surface area (Å²) < 4.78 is 4.97. The minimum Gasteiger partial charge on any atom is -0.494 e. The number of nitrogens with one attached hydrogen (secondary N) is 1. The van der Waals surface area contributed by atoms with Gasteiger partial charge in [0.1, 0.15) is 5.75 Å². The van der Waals surface area contributed by atoms with Crippen LogP contribution in [0.1, 0.15) is 16.8 Å². The highest BCUT2D eigenvalue weighted by molar-refractivity contribution is 5.96. The summed E-state index contributed by atoms with van der Waals surface area (Å²) in [7, 11) is 1.42. The topological polar surface area (TPSA) is 109 Å². The number of carbonyl (C=O) groups is 2. The summed E-state index contributed by atoms with van der Waals surface area (Å²) >= 11 is 0. The molecule has 0 aliphatic heterocycles. The van der Waals surface area contributed by atoms with Crippen molar-refractivity contribution in [3.63, 3.8) is 0 Å². The molecule has 3 N–H and O–H groups in total. The molecule has 0 spiro atoms. The molecule has 0 radical (unpaired) electrons. The highest BCUT2D eigenvalue weighted by Crippen LogP contribution is 2.15. The molecule has 0 aromatic carbocycles. The van der Waals surface area contributed by atoms with Crippen molar-refractivity contribution in [1.82, 2.24) is 10.3 Å². The van der Waals surface area contributed by atoms with E-state index in [4.69, 9.17) is 14.9 Å². The summed E-state index contributed by atoms with van der Waals surface area (Å²) in [5, 5.41) is 20.0. The molecular weight excluding hydrogens is 240 g/mol. The van der Waals surface area contributed by atoms with Crippen molar-refractivity contribution < 1.29 is 24.5 Å². The summed E-state index contributed by atoms with van der Waals surface area (Å²) in [5.41, 5.74) is 0.303. The Balaban J connectivity index is 2.53. The molecule has 1 rings (SSSR count). The van der Waals surface area contributed by atoms with Crippen molar-refractivity contribution >= 4 is 11.9 Å². The minimum atomic E-state index is -1.48. The standard InChI is InChI=1S/C11H14N2O5/c1-18-9-6-12-4-2-7(9)10(15)13-5-3-8(14)11(16)17/h2,4,6,8,14H,3,5H2,1H3,(H,13,15)(H,16,17). The van der Waals surface area contributed by atoms with Crippen LogP contribution in [0.15, 0.2) is 18.5 Å². The van der Waals surface area contributed by atoms with Gasteiger partial charge in [-0.05, 0) is 6.07 Å². The third-order valence-corrected chi connectivity index (χ3v) is 2.24. The number of aliphatic carboxylic acids is 1. The van der Waals surface area contributed by atoms with E-state index in [1.807, 2.05) is 0 Å². The molecule has 0 saturated heterocycles. The number of nitrogens with zero attached hydrogens (tertiary/aromatic N) is 1. The number of carbonyl (C=O) groups excluding carboxylic acids is 1. The van der Waals surface area contributed by atoms with Crippen LogP contribution in [-0.4, -0.2) is 46.8 Å². The first-order valence-corrected chi connectivity index (χ1v) is 5.23. The number of hydrogen-bond acceptors (Lipinski definition) is 5. The van der Waals surface area contributed by atoms with E-state index in [2.05, 4.69) is 10.3 Å². The first kappa shape index (κ1) is 13.9. The number of aromatic nitrogens is 1. The predicted molar refractivity (Wildman–Crippen MR) is 61.4 cm³/mol. The lowest BCUT2D eigenvalue weighted by atomic mass is 10.2. The van der Waals surface area contributed by atoms with Crippen molar-refractivity contribution in [2.24, 2.45) is 0 Å². The Labute approximate surface area is 103 Å². The highest BCUT2D eigenvalue weighted by Gasteiger charge is 2.15. The van der Waals surface area contributed by atoms with Crippen LogP contribution in [0.4, 0.5) is 0 Å². The zero-order valence-electron chi connectivity index (χ0n) is 9.79. The van der Waals surface area contributed by atoms with E-state index in [0.29, 0.717) is 11.3 Å². The van der Waals surface area contributed by atoms with Gasteiger partial charge in [-0.25, -0.2) is 4.79 Å². The minimum absolute atomic E-state index is 0.0534. The lowest BCUT2D eigenvalue weighted by Crippen LogP contribution is -2.30. The SMILES string of the molecule is COc1cnccc1C(=O)NCCC(O)C(=O)O. The molecule has 0 bridgehead atoms. The molecule has 7 heteroatoms. The molecule has 1 amide bonds. The molecule has 1 atom stereocenters. The van der Waals surface area contributed by atoms with Gasteiger partial charge in [0.2, 0.25) is 0 Å². The van der Waals surface area contributed by atoms with Gasteiger partial charge in [0.15, 0.2) is 6.10 Å². The van der Waals surface area contributed by atoms with Gasteiger partial charge in [0.05, 0.1) is 18.9 Å². The Bertz CT molecular complexity index is 435. The van der Waals surface area contributed by atoms with E-state index in [0.717, 1.165) is 0 Å². The molecular formula is C11H14N2O5. The lowest BCUT2D eigenvalue weighted by Gasteiger charge is -2.09. The van der Waals surface area contributed by atoms with Gasteiger partial charge in [0.25, 0.3) is 5.91 Å². The largest absolute Gasteiger partial charge is 0.494 e. The maximum atomic E-state index is 11.7. The van der Waals surface area contributed by atoms with E-state index < -0.39 is 18.0 Å². The molecule has 0 saturated carbocycles. The number of aliphatic hydroxyl groups excluding tert-OH is 1. The molecule has 1 aromatic heterocycles. The molecule has 1 aromatic rings. The fraction of sp³-hybridized carbons (Fsp3) is 0.364. The van der Waals surface area contributed by atoms with Crippen LogP contribution >= 0.6 is 0 Å². The van der Waals surface area contributed by atoms with Crippen LogP contribution < -0.4 is 10.1 Å². The van der Waals surface area contributed by atoms with E-state index in [1.54, 1.807) is 0 Å². The van der Waals surface area contributed by atoms with Crippen LogP contribution in [0.25, 0.3) is 0 Å². The van der Waals surface area contributed by atoms with Crippen molar-refractivity contribution in [2.75, 3.05) is 13.7 Å². The van der Waals surface area contributed by atoms with Crippen LogP contribution in [-0.2, 0) is 4.79 Å². The zero-order valence-corrected chi connectivity index (χ0v) is 9.79. The Morgan fingerprint density at radius 2 is 2.28 bits per heavy atom. The monoisotopic (exact) mass is 254 g/mol. The van der Waals surface area contributed by atoms with Crippen LogP contribution in [0.3, 0.4) is 0 Å². The number of rotatable bonds is 6. The van der Waals surface area contributed by atoms with Gasteiger partial charge in [0, 0.05) is 19.2 Å². The number of carboxylic acid groups (broad SMARTS) is 1. The normalized spacial score (nSPS) is 11.7. The zero-order chi connectivity index (χ0) is 13.5. The average molecular weight is 254 g/mol. The van der Waals surface area contributed by atoms with E-state index in [-0.39, 0.29) is 13.0 Å². The number of methoxy groups -OCH3 is 1. The first-order valence-electron chi connectivity index (χ1n) is 5.23. The van der Waals surface area contributed by atoms with Crippen LogP contribution in [0.2, 0.25) is 0 Å². The van der Waals surface area contributed by atoms with E-state index >= 15 is 0 Å². The maximum absolute atomic E-state index is 11.7. The molecule has 0 fully saturated rings. The number of carboxylic acids is 1. The number of amides is 1. The van der Waals surface area contributed by atoms with Gasteiger partial charge >= 0.3 is 5.97 Å². The summed E-state index contributed by atoms with van der Waals surface area (Å²) in [6.07, 6.45) is 1.31. The molecule has 18 heavy (non-hydrogen) atoms. The Morgan fingerprint density at radius 1 is 1.56 bits per heavy atom. The van der Waals surface area contributed by atoms with Gasteiger partial charge in [-0.3, -0.25) is 9.78 Å². The third kappa shape index (κ3) is 3.70. The summed E-state index contributed by atoms with van der Waals surface area (Å²) in [5.74, 6) is -1.40. The number of aliphatic hydroxyl groups is 1. The second-order valence-corrected chi connectivity index (χ2v) is 3.47. The molecule has 0 aliphatic rings. The smallest absolute Gasteiger partial charge is 0.332 e. The fourth-order valence-electron chi connectivity index (χ4n) is 1.27. The third-order valence-electron chi connectivity index (χ3n) is 2.24. The van der Waals surface area contributed by atoms with Gasteiger partial charge in [-0.1, -0.05) is 0 Å². The molecule has 1 unspecified atom stereocenters. The number of ether oxygens (including phenoxy) is 1. The Hall–Kier alpha value is -2.15. The summed E-state index contributed by atoms with van der Waals surface area (Å²) in [6, 6.07) is 1.49. The van der Waals surface area contributed by atoms with Crippen molar-refractivity contribution in [2.45, 2.75) is 12.5 Å². The van der Waals surface area contributed by atoms with Crippen molar-refractivity contribution in [1.29, 1.82) is 0 Å². The quantitative estimate of drug-likeness (QED) is 0.640. The lowest BCUT2D eigenvalue weighted by molar-refractivity contribution is -0.146. The molecule has 7 nitrogen and oxygen atoms in total. The average Bonchev–Trinajstić information content (AvgIpc) is 2.38. The second-order valence-electron chi connectivity index (χ2n) is 3.47. The predicted octanol–water partition coefficient (Wildman–Crippen LogP) is -0.344. The second kappa shape index (κ2) is 6.55. The maximum Gasteiger partial charge on any atom is 0.332 e. The summed E-state index contributed by atoms with van der Waals surface area (Å²) in [4.78, 5) is 25.9. The van der Waals surface area contributed by atoms with Crippen molar-refractivity contribution in [3.8, 4) is 5.75 Å². The number of pyridine rings is 1. The molecule has 0 aliphatic carbocycles.